The number of hydrogen-bond acceptors (Lipinski definition) is 6. The van der Waals surface area contributed by atoms with Gasteiger partial charge in [-0.1, -0.05) is 11.6 Å². The first-order valence-electron chi connectivity index (χ1n) is 8.89. The minimum Gasteiger partial charge on any atom is -0.479 e. The van der Waals surface area contributed by atoms with Crippen LogP contribution in [0.1, 0.15) is 24.2 Å². The highest BCUT2D eigenvalue weighted by atomic mass is 35.5. The number of nitrogens with zero attached hydrogens (tertiary/aromatic N) is 5. The Balaban J connectivity index is 1.75. The van der Waals surface area contributed by atoms with Crippen molar-refractivity contribution in [3.63, 3.8) is 0 Å². The summed E-state index contributed by atoms with van der Waals surface area (Å²) in [7, 11) is 1.54. The molecule has 7 nitrogen and oxygen atoms in total. The van der Waals surface area contributed by atoms with Crippen molar-refractivity contribution in [2.75, 3.05) is 12.4 Å². The molecule has 0 fully saturated rings. The van der Waals surface area contributed by atoms with E-state index in [0.717, 1.165) is 11.1 Å². The van der Waals surface area contributed by atoms with Gasteiger partial charge >= 0.3 is 0 Å². The van der Waals surface area contributed by atoms with Crippen LogP contribution in [-0.4, -0.2) is 31.6 Å². The Morgan fingerprint density at radius 3 is 2.72 bits per heavy atom. The molecule has 0 unspecified atom stereocenters. The van der Waals surface area contributed by atoms with Crippen LogP contribution in [0.5, 0.6) is 5.88 Å². The largest absolute Gasteiger partial charge is 0.479 e. The molecule has 0 spiro atoms. The zero-order chi connectivity index (χ0) is 20.5. The monoisotopic (exact) mass is 412 g/mol. The lowest BCUT2D eigenvalue weighted by molar-refractivity contribution is 0.396. The average Bonchev–Trinajstić information content (AvgIpc) is 3.11. The molecule has 0 amide bonds. The van der Waals surface area contributed by atoms with Crippen molar-refractivity contribution in [3.8, 4) is 11.6 Å². The van der Waals surface area contributed by atoms with Crippen molar-refractivity contribution in [3.05, 3.63) is 65.1 Å². The van der Waals surface area contributed by atoms with Crippen molar-refractivity contribution in [2.24, 2.45) is 0 Å². The van der Waals surface area contributed by atoms with Gasteiger partial charge in [0.05, 0.1) is 30.1 Å². The number of pyridine rings is 3. The smallest absolute Gasteiger partial charge is 0.238 e. The second kappa shape index (κ2) is 7.63. The van der Waals surface area contributed by atoms with Crippen molar-refractivity contribution >= 4 is 28.6 Å². The number of rotatable bonds is 5. The third-order valence-electron chi connectivity index (χ3n) is 4.51. The summed E-state index contributed by atoms with van der Waals surface area (Å²) in [5, 5.41) is 3.81. The number of aromatic nitrogens is 5. The SMILES string of the molecule is COc1ncc(Cl)cc1-n1cnc2cc(C)c(N[C@@H](C)c3ccc(F)cn3)nc21. The molecule has 4 heterocycles. The van der Waals surface area contributed by atoms with Gasteiger partial charge in [0, 0.05) is 6.20 Å². The van der Waals surface area contributed by atoms with Crippen LogP contribution in [0.3, 0.4) is 0 Å². The van der Waals surface area contributed by atoms with E-state index in [1.807, 2.05) is 19.9 Å². The number of fused-ring (bicyclic) bond motifs is 1. The van der Waals surface area contributed by atoms with Gasteiger partial charge in [0.25, 0.3) is 0 Å². The molecular weight excluding hydrogens is 395 g/mol. The average molecular weight is 413 g/mol. The maximum absolute atomic E-state index is 13.1. The normalized spacial score (nSPS) is 12.2. The van der Waals surface area contributed by atoms with Gasteiger partial charge in [0.15, 0.2) is 5.65 Å². The highest BCUT2D eigenvalue weighted by Crippen LogP contribution is 2.29. The Kier molecular flexibility index (Phi) is 5.02. The Morgan fingerprint density at radius 2 is 2.00 bits per heavy atom. The maximum atomic E-state index is 13.1. The van der Waals surface area contributed by atoms with E-state index in [1.165, 1.54) is 18.5 Å². The summed E-state index contributed by atoms with van der Waals surface area (Å²) in [6.45, 7) is 3.88. The third-order valence-corrected chi connectivity index (χ3v) is 4.72. The van der Waals surface area contributed by atoms with Crippen LogP contribution in [0.15, 0.2) is 43.0 Å². The van der Waals surface area contributed by atoms with Crippen LogP contribution >= 0.6 is 11.6 Å². The summed E-state index contributed by atoms with van der Waals surface area (Å²) in [5.41, 5.74) is 3.62. The molecular formula is C20H18ClFN6O. The van der Waals surface area contributed by atoms with Crippen LogP contribution in [0.25, 0.3) is 16.9 Å². The lowest BCUT2D eigenvalue weighted by atomic mass is 10.2. The Hall–Kier alpha value is -3.26. The summed E-state index contributed by atoms with van der Waals surface area (Å²) in [6.07, 6.45) is 4.37. The van der Waals surface area contributed by atoms with Gasteiger partial charge in [-0.2, -0.15) is 0 Å². The van der Waals surface area contributed by atoms with Crippen LogP contribution in [0.4, 0.5) is 10.2 Å². The molecule has 1 atom stereocenters. The Bertz CT molecular complexity index is 1180. The summed E-state index contributed by atoms with van der Waals surface area (Å²) < 4.78 is 20.3. The van der Waals surface area contributed by atoms with E-state index in [2.05, 4.69) is 20.3 Å². The first-order valence-corrected chi connectivity index (χ1v) is 9.26. The van der Waals surface area contributed by atoms with E-state index >= 15 is 0 Å². The number of hydrogen-bond donors (Lipinski definition) is 1. The molecule has 0 aliphatic rings. The number of imidazole rings is 1. The van der Waals surface area contributed by atoms with Crippen molar-refractivity contribution in [1.82, 2.24) is 24.5 Å². The Morgan fingerprint density at radius 1 is 1.17 bits per heavy atom. The van der Waals surface area contributed by atoms with Gasteiger partial charge in [-0.3, -0.25) is 9.55 Å². The number of halogens is 2. The first-order chi connectivity index (χ1) is 14.0. The summed E-state index contributed by atoms with van der Waals surface area (Å²) in [6, 6.07) is 6.55. The predicted octanol–water partition coefficient (Wildman–Crippen LogP) is 4.49. The molecule has 9 heteroatoms. The summed E-state index contributed by atoms with van der Waals surface area (Å²) >= 11 is 6.13. The fraction of sp³-hybridized carbons (Fsp3) is 0.200. The molecule has 0 aliphatic heterocycles. The number of nitrogens with one attached hydrogen (secondary N) is 1. The van der Waals surface area contributed by atoms with Gasteiger partial charge < -0.3 is 10.1 Å². The highest BCUT2D eigenvalue weighted by Gasteiger charge is 2.16. The zero-order valence-electron chi connectivity index (χ0n) is 16.0. The maximum Gasteiger partial charge on any atom is 0.238 e. The third kappa shape index (κ3) is 3.71. The van der Waals surface area contributed by atoms with E-state index in [0.29, 0.717) is 33.7 Å². The van der Waals surface area contributed by atoms with Gasteiger partial charge in [-0.05, 0) is 43.7 Å². The number of methoxy groups -OCH3 is 1. The van der Waals surface area contributed by atoms with Crippen LogP contribution in [-0.2, 0) is 0 Å². The summed E-state index contributed by atoms with van der Waals surface area (Å²) in [4.78, 5) is 17.5. The van der Waals surface area contributed by atoms with Gasteiger partial charge in [0.2, 0.25) is 5.88 Å². The standard InChI is InChI=1S/C20H18ClFN6O/c1-11-6-16-19(27-18(11)26-12(2)15-5-4-14(22)9-23-15)28(10-25-16)17-7-13(21)8-24-20(17)29-3/h4-10,12H,1-3H3,(H,26,27)/t12-/m0/s1. The molecule has 0 aromatic carbocycles. The lowest BCUT2D eigenvalue weighted by Gasteiger charge is -2.16. The minimum absolute atomic E-state index is 0.169. The zero-order valence-corrected chi connectivity index (χ0v) is 16.8. The first kappa shape index (κ1) is 19.1. The molecule has 1 N–H and O–H groups in total. The molecule has 29 heavy (non-hydrogen) atoms. The second-order valence-corrected chi connectivity index (χ2v) is 7.00. The molecule has 4 aromatic heterocycles. The highest BCUT2D eigenvalue weighted by molar-refractivity contribution is 6.30. The van der Waals surface area contributed by atoms with E-state index in [-0.39, 0.29) is 11.9 Å². The van der Waals surface area contributed by atoms with Gasteiger partial charge in [-0.25, -0.2) is 19.3 Å². The number of anilines is 1. The molecule has 0 aliphatic carbocycles. The van der Waals surface area contributed by atoms with Gasteiger partial charge in [0.1, 0.15) is 29.2 Å². The molecule has 148 valence electrons. The van der Waals surface area contributed by atoms with E-state index < -0.39 is 0 Å². The van der Waals surface area contributed by atoms with Crippen molar-refractivity contribution in [1.29, 1.82) is 0 Å². The second-order valence-electron chi connectivity index (χ2n) is 6.56. The van der Waals surface area contributed by atoms with Gasteiger partial charge in [-0.15, -0.1) is 0 Å². The minimum atomic E-state index is -0.371. The fourth-order valence-electron chi connectivity index (χ4n) is 3.03. The van der Waals surface area contributed by atoms with Crippen LogP contribution in [0, 0.1) is 12.7 Å². The van der Waals surface area contributed by atoms with Crippen molar-refractivity contribution in [2.45, 2.75) is 19.9 Å². The molecule has 4 rings (SSSR count). The molecule has 0 saturated heterocycles. The molecule has 0 radical (unpaired) electrons. The van der Waals surface area contributed by atoms with E-state index in [9.17, 15) is 4.39 Å². The molecule has 4 aromatic rings. The quantitative estimate of drug-likeness (QED) is 0.520. The Labute approximate surface area is 171 Å². The number of aryl methyl sites for hydroxylation is 1. The fourth-order valence-corrected chi connectivity index (χ4v) is 3.18. The van der Waals surface area contributed by atoms with E-state index in [1.54, 1.807) is 30.1 Å². The lowest BCUT2D eigenvalue weighted by Crippen LogP contribution is -2.11. The van der Waals surface area contributed by atoms with Crippen molar-refractivity contribution < 1.29 is 9.13 Å². The molecule has 0 saturated carbocycles. The van der Waals surface area contributed by atoms with Crippen LogP contribution in [0.2, 0.25) is 5.02 Å². The van der Waals surface area contributed by atoms with E-state index in [4.69, 9.17) is 21.3 Å². The summed E-state index contributed by atoms with van der Waals surface area (Å²) in [5.74, 6) is 0.714. The number of ether oxygens (including phenoxy) is 1. The topological polar surface area (TPSA) is 77.8 Å². The molecule has 0 bridgehead atoms. The van der Waals surface area contributed by atoms with Crippen LogP contribution < -0.4 is 10.1 Å². The predicted molar refractivity (Wildman–Crippen MR) is 109 cm³/mol.